The van der Waals surface area contributed by atoms with Gasteiger partial charge in [-0.2, -0.15) is 5.26 Å². The fourth-order valence-corrected chi connectivity index (χ4v) is 2.58. The van der Waals surface area contributed by atoms with Gasteiger partial charge in [-0.1, -0.05) is 6.92 Å². The maximum absolute atomic E-state index is 8.98. The number of benzene rings is 1. The van der Waals surface area contributed by atoms with Gasteiger partial charge in [-0.15, -0.1) is 11.3 Å². The van der Waals surface area contributed by atoms with Crippen molar-refractivity contribution in [3.63, 3.8) is 0 Å². The number of nitriles is 1. The van der Waals surface area contributed by atoms with E-state index in [0.717, 1.165) is 11.1 Å². The maximum atomic E-state index is 8.98. The molecule has 1 aromatic heterocycles. The number of aryl methyl sites for hydroxylation is 1. The Balaban J connectivity index is 2.90. The second kappa shape index (κ2) is 3.32. The fourth-order valence-electron chi connectivity index (χ4n) is 1.63. The third-order valence-corrected chi connectivity index (χ3v) is 3.28. The lowest BCUT2D eigenvalue weighted by Gasteiger charge is -2.04. The molecule has 70 valence electrons. The van der Waals surface area contributed by atoms with Crippen LogP contribution < -0.4 is 5.73 Å². The number of hydrogen-bond acceptors (Lipinski definition) is 3. The van der Waals surface area contributed by atoms with Crippen molar-refractivity contribution >= 4 is 27.1 Å². The molecule has 0 atom stereocenters. The average molecular weight is 202 g/mol. The molecule has 0 aliphatic rings. The van der Waals surface area contributed by atoms with Crippen LogP contribution in [0.2, 0.25) is 0 Å². The first-order chi connectivity index (χ1) is 6.77. The highest BCUT2D eigenvalue weighted by Crippen LogP contribution is 2.31. The zero-order chi connectivity index (χ0) is 10.1. The van der Waals surface area contributed by atoms with Crippen LogP contribution >= 0.6 is 11.3 Å². The average Bonchev–Trinajstić information content (AvgIpc) is 2.65. The van der Waals surface area contributed by atoms with Crippen molar-refractivity contribution in [1.82, 2.24) is 0 Å². The van der Waals surface area contributed by atoms with Gasteiger partial charge in [0.25, 0.3) is 0 Å². The Morgan fingerprint density at radius 1 is 1.57 bits per heavy atom. The number of fused-ring (bicyclic) bond motifs is 1. The van der Waals surface area contributed by atoms with E-state index in [1.54, 1.807) is 11.3 Å². The summed E-state index contributed by atoms with van der Waals surface area (Å²) in [5.41, 5.74) is 8.25. The Hall–Kier alpha value is -1.53. The summed E-state index contributed by atoms with van der Waals surface area (Å²) >= 11 is 1.58. The Morgan fingerprint density at radius 3 is 3.00 bits per heavy atom. The molecule has 0 bridgehead atoms. The summed E-state index contributed by atoms with van der Waals surface area (Å²) in [6.45, 7) is 2.10. The molecule has 2 nitrogen and oxygen atoms in total. The summed E-state index contributed by atoms with van der Waals surface area (Å²) in [4.78, 5) is 0. The molecular weight excluding hydrogens is 192 g/mol. The van der Waals surface area contributed by atoms with E-state index < -0.39 is 0 Å². The van der Waals surface area contributed by atoms with Crippen LogP contribution in [0.15, 0.2) is 17.5 Å². The number of thiophene rings is 1. The van der Waals surface area contributed by atoms with Crippen LogP contribution in [0.5, 0.6) is 0 Å². The Bertz CT molecular complexity index is 520. The molecule has 0 radical (unpaired) electrons. The summed E-state index contributed by atoms with van der Waals surface area (Å²) in [6, 6.07) is 6.13. The van der Waals surface area contributed by atoms with E-state index in [1.165, 1.54) is 10.9 Å². The zero-order valence-electron chi connectivity index (χ0n) is 7.87. The Labute approximate surface area is 86.6 Å². The second-order valence-corrected chi connectivity index (χ2v) is 4.04. The highest BCUT2D eigenvalue weighted by atomic mass is 32.1. The minimum Gasteiger partial charge on any atom is -0.398 e. The van der Waals surface area contributed by atoms with Crippen LogP contribution in [0.25, 0.3) is 10.1 Å². The first-order valence-electron chi connectivity index (χ1n) is 4.46. The molecule has 14 heavy (non-hydrogen) atoms. The van der Waals surface area contributed by atoms with Gasteiger partial charge in [0, 0.05) is 0 Å². The van der Waals surface area contributed by atoms with Gasteiger partial charge >= 0.3 is 0 Å². The van der Waals surface area contributed by atoms with Gasteiger partial charge < -0.3 is 5.73 Å². The van der Waals surface area contributed by atoms with Gasteiger partial charge in [-0.3, -0.25) is 0 Å². The van der Waals surface area contributed by atoms with Crippen LogP contribution in [-0.2, 0) is 6.42 Å². The molecule has 0 fully saturated rings. The normalized spacial score (nSPS) is 10.3. The summed E-state index contributed by atoms with van der Waals surface area (Å²) in [7, 11) is 0. The van der Waals surface area contributed by atoms with Gasteiger partial charge in [0.1, 0.15) is 6.07 Å². The van der Waals surface area contributed by atoms with Crippen molar-refractivity contribution < 1.29 is 0 Å². The fraction of sp³-hybridized carbons (Fsp3) is 0.182. The molecule has 0 saturated carbocycles. The third-order valence-electron chi connectivity index (χ3n) is 2.35. The number of hydrogen-bond donors (Lipinski definition) is 1. The smallest absolute Gasteiger partial charge is 0.103 e. The molecule has 2 N–H and O–H groups in total. The number of nitrogens with zero attached hydrogens (tertiary/aromatic N) is 1. The van der Waals surface area contributed by atoms with Crippen LogP contribution in [0.1, 0.15) is 18.1 Å². The minimum atomic E-state index is 0.597. The lowest BCUT2D eigenvalue weighted by atomic mass is 10.0. The van der Waals surface area contributed by atoms with Crippen LogP contribution in [0.4, 0.5) is 5.69 Å². The van der Waals surface area contributed by atoms with Gasteiger partial charge in [-0.25, -0.2) is 0 Å². The van der Waals surface area contributed by atoms with Crippen LogP contribution in [0, 0.1) is 11.3 Å². The second-order valence-electron chi connectivity index (χ2n) is 3.13. The molecule has 0 unspecified atom stereocenters. The first kappa shape index (κ1) is 9.04. The number of rotatable bonds is 1. The highest BCUT2D eigenvalue weighted by Gasteiger charge is 2.09. The molecule has 2 aromatic rings. The first-order valence-corrected chi connectivity index (χ1v) is 5.34. The molecule has 0 saturated heterocycles. The van der Waals surface area contributed by atoms with Crippen molar-refractivity contribution in [2.75, 3.05) is 5.73 Å². The van der Waals surface area contributed by atoms with Crippen molar-refractivity contribution in [2.24, 2.45) is 0 Å². The van der Waals surface area contributed by atoms with Crippen LogP contribution in [-0.4, -0.2) is 0 Å². The van der Waals surface area contributed by atoms with E-state index in [2.05, 4.69) is 19.1 Å². The Morgan fingerprint density at radius 2 is 2.36 bits per heavy atom. The Kier molecular flexibility index (Phi) is 2.14. The lowest BCUT2D eigenvalue weighted by Crippen LogP contribution is -1.93. The molecule has 1 aromatic carbocycles. The highest BCUT2D eigenvalue weighted by molar-refractivity contribution is 7.17. The number of anilines is 1. The SMILES string of the molecule is CCc1cc(N)c(C#N)c2sccc12. The van der Waals surface area contributed by atoms with E-state index in [9.17, 15) is 0 Å². The monoisotopic (exact) mass is 202 g/mol. The predicted octanol–water partition coefficient (Wildman–Crippen LogP) is 2.92. The third kappa shape index (κ3) is 1.16. The van der Waals surface area contributed by atoms with Gasteiger partial charge in [0.2, 0.25) is 0 Å². The van der Waals surface area contributed by atoms with Crippen LogP contribution in [0.3, 0.4) is 0 Å². The van der Waals surface area contributed by atoms with Crippen molar-refractivity contribution in [1.29, 1.82) is 5.26 Å². The van der Waals surface area contributed by atoms with Crippen molar-refractivity contribution in [3.05, 3.63) is 28.6 Å². The van der Waals surface area contributed by atoms with Gasteiger partial charge in [0.05, 0.1) is 16.0 Å². The van der Waals surface area contributed by atoms with Gasteiger partial charge in [0.15, 0.2) is 0 Å². The van der Waals surface area contributed by atoms with E-state index in [-0.39, 0.29) is 0 Å². The van der Waals surface area contributed by atoms with Gasteiger partial charge in [-0.05, 0) is 34.9 Å². The standard InChI is InChI=1S/C11H10N2S/c1-2-7-5-10(13)9(6-12)11-8(7)3-4-14-11/h3-5H,2,13H2,1H3. The number of nitrogens with two attached hydrogens (primary N) is 1. The van der Waals surface area contributed by atoms with Crippen molar-refractivity contribution in [2.45, 2.75) is 13.3 Å². The summed E-state index contributed by atoms with van der Waals surface area (Å²) in [5.74, 6) is 0. The molecule has 0 aliphatic heterocycles. The van der Waals surface area contributed by atoms with E-state index >= 15 is 0 Å². The predicted molar refractivity (Wildman–Crippen MR) is 60.3 cm³/mol. The minimum absolute atomic E-state index is 0.597. The van der Waals surface area contributed by atoms with E-state index in [0.29, 0.717) is 11.3 Å². The molecule has 0 spiro atoms. The topological polar surface area (TPSA) is 49.8 Å². The summed E-state index contributed by atoms with van der Waals surface area (Å²) in [6.07, 6.45) is 0.948. The number of nitrogen functional groups attached to an aromatic ring is 1. The maximum Gasteiger partial charge on any atom is 0.103 e. The van der Waals surface area contributed by atoms with E-state index in [1.807, 2.05) is 11.4 Å². The molecule has 1 heterocycles. The largest absolute Gasteiger partial charge is 0.398 e. The molecule has 2 rings (SSSR count). The molecular formula is C11H10N2S. The summed E-state index contributed by atoms with van der Waals surface area (Å²) in [5, 5.41) is 12.1. The van der Waals surface area contributed by atoms with Crippen molar-refractivity contribution in [3.8, 4) is 6.07 Å². The summed E-state index contributed by atoms with van der Waals surface area (Å²) < 4.78 is 1.02. The molecule has 3 heteroatoms. The quantitative estimate of drug-likeness (QED) is 0.723. The zero-order valence-corrected chi connectivity index (χ0v) is 8.69. The molecule has 0 aliphatic carbocycles. The molecule has 0 amide bonds. The lowest BCUT2D eigenvalue weighted by molar-refractivity contribution is 1.16. The van der Waals surface area contributed by atoms with E-state index in [4.69, 9.17) is 11.0 Å².